The number of carbonyl (C=O) groups is 1. The first-order chi connectivity index (χ1) is 10.0. The highest BCUT2D eigenvalue weighted by Gasteiger charge is 2.19. The summed E-state index contributed by atoms with van der Waals surface area (Å²) in [5.41, 5.74) is 0. The monoisotopic (exact) mass is 325 g/mol. The van der Waals surface area contributed by atoms with Crippen LogP contribution in [-0.2, 0) is 4.79 Å². The van der Waals surface area contributed by atoms with Crippen molar-refractivity contribution in [1.82, 2.24) is 20.0 Å². The van der Waals surface area contributed by atoms with Gasteiger partial charge >= 0.3 is 0 Å². The van der Waals surface area contributed by atoms with Gasteiger partial charge < -0.3 is 5.32 Å². The number of rotatable bonds is 6. The van der Waals surface area contributed by atoms with E-state index in [2.05, 4.69) is 34.5 Å². The molecule has 0 radical (unpaired) electrons. The zero-order chi connectivity index (χ0) is 15.4. The van der Waals surface area contributed by atoms with Crippen LogP contribution in [0.3, 0.4) is 0 Å². The molecule has 0 aromatic carbocycles. The molecular formula is C13H19N5OS2. The van der Waals surface area contributed by atoms with Crippen LogP contribution in [0, 0.1) is 6.92 Å². The fraction of sp³-hybridized carbons (Fsp3) is 0.538. The Morgan fingerprint density at radius 2 is 2.24 bits per heavy atom. The van der Waals surface area contributed by atoms with Gasteiger partial charge in [-0.25, -0.2) is 4.68 Å². The lowest BCUT2D eigenvalue weighted by Crippen LogP contribution is -2.24. The highest BCUT2D eigenvalue weighted by molar-refractivity contribution is 8.02. The Kier molecular flexibility index (Phi) is 5.35. The summed E-state index contributed by atoms with van der Waals surface area (Å²) in [4.78, 5) is 12.3. The molecule has 0 unspecified atom stereocenters. The van der Waals surface area contributed by atoms with Gasteiger partial charge in [0.15, 0.2) is 4.34 Å². The van der Waals surface area contributed by atoms with Crippen LogP contribution < -0.4 is 5.32 Å². The van der Waals surface area contributed by atoms with Crippen molar-refractivity contribution in [3.63, 3.8) is 0 Å². The minimum absolute atomic E-state index is 0.0575. The molecule has 2 heterocycles. The summed E-state index contributed by atoms with van der Waals surface area (Å²) >= 11 is 2.91. The third-order valence-electron chi connectivity index (χ3n) is 3.08. The molecule has 0 saturated carbocycles. The van der Waals surface area contributed by atoms with Gasteiger partial charge in [0.2, 0.25) is 5.91 Å². The van der Waals surface area contributed by atoms with E-state index < -0.39 is 0 Å². The Labute approximate surface area is 132 Å². The van der Waals surface area contributed by atoms with E-state index >= 15 is 0 Å². The topological polar surface area (TPSA) is 72.7 Å². The minimum Gasteiger partial charge on any atom is -0.310 e. The predicted octanol–water partition coefficient (Wildman–Crippen LogP) is 3.13. The van der Waals surface area contributed by atoms with Gasteiger partial charge in [-0.05, 0) is 27.2 Å². The van der Waals surface area contributed by atoms with Gasteiger partial charge in [0.05, 0.1) is 17.5 Å². The van der Waals surface area contributed by atoms with Crippen molar-refractivity contribution in [3.05, 3.63) is 17.3 Å². The van der Waals surface area contributed by atoms with Gasteiger partial charge in [-0.1, -0.05) is 30.0 Å². The second kappa shape index (κ2) is 7.04. The van der Waals surface area contributed by atoms with Gasteiger partial charge in [-0.2, -0.15) is 5.10 Å². The summed E-state index contributed by atoms with van der Waals surface area (Å²) in [6.45, 7) is 7.93. The highest BCUT2D eigenvalue weighted by atomic mass is 32.2. The number of hydrogen-bond donors (Lipinski definition) is 1. The summed E-state index contributed by atoms with van der Waals surface area (Å²) in [5.74, 6) is 0.674. The molecule has 1 amide bonds. The number of thioether (sulfide) groups is 1. The van der Waals surface area contributed by atoms with Crippen LogP contribution in [0.15, 0.2) is 16.6 Å². The fourth-order valence-electron chi connectivity index (χ4n) is 1.70. The lowest BCUT2D eigenvalue weighted by atomic mass is 10.3. The Morgan fingerprint density at radius 1 is 1.48 bits per heavy atom. The molecule has 0 aliphatic carbocycles. The molecule has 2 aromatic heterocycles. The standard InChI is InChI=1S/C13H19N5OS2/c1-5-8(2)18-11(6-7-14-18)15-12(19)9(3)20-13-17-16-10(4)21-13/h6-9H,5H2,1-4H3,(H,15,19)/t8-,9+/m1/s1. The quantitative estimate of drug-likeness (QED) is 0.826. The molecule has 8 heteroatoms. The minimum atomic E-state index is -0.238. The normalized spacial score (nSPS) is 13.9. The molecule has 0 spiro atoms. The SMILES string of the molecule is CC[C@@H](C)n1nccc1NC(=O)[C@H](C)Sc1nnc(C)s1. The highest BCUT2D eigenvalue weighted by Crippen LogP contribution is 2.27. The smallest absolute Gasteiger partial charge is 0.238 e. The van der Waals surface area contributed by atoms with Gasteiger partial charge in [-0.3, -0.25) is 4.79 Å². The van der Waals surface area contributed by atoms with Crippen molar-refractivity contribution in [3.8, 4) is 0 Å². The molecule has 2 atom stereocenters. The van der Waals surface area contributed by atoms with Crippen LogP contribution in [0.2, 0.25) is 0 Å². The van der Waals surface area contributed by atoms with E-state index in [0.717, 1.165) is 21.6 Å². The number of aryl methyl sites for hydroxylation is 1. The van der Waals surface area contributed by atoms with E-state index in [-0.39, 0.29) is 17.2 Å². The van der Waals surface area contributed by atoms with Gasteiger partial charge in [-0.15, -0.1) is 10.2 Å². The van der Waals surface area contributed by atoms with Gasteiger partial charge in [0.1, 0.15) is 10.8 Å². The summed E-state index contributed by atoms with van der Waals surface area (Å²) in [7, 11) is 0. The number of anilines is 1. The Bertz CT molecular complexity index is 609. The zero-order valence-electron chi connectivity index (χ0n) is 12.5. The summed E-state index contributed by atoms with van der Waals surface area (Å²) < 4.78 is 2.65. The molecule has 0 bridgehead atoms. The van der Waals surface area contributed by atoms with E-state index in [1.54, 1.807) is 6.20 Å². The van der Waals surface area contributed by atoms with Crippen molar-refractivity contribution < 1.29 is 4.79 Å². The van der Waals surface area contributed by atoms with Gasteiger partial charge in [0.25, 0.3) is 0 Å². The maximum Gasteiger partial charge on any atom is 0.238 e. The van der Waals surface area contributed by atoms with Crippen molar-refractivity contribution in [2.24, 2.45) is 0 Å². The van der Waals surface area contributed by atoms with Crippen LogP contribution >= 0.6 is 23.1 Å². The van der Waals surface area contributed by atoms with E-state index in [1.165, 1.54) is 23.1 Å². The molecule has 2 rings (SSSR count). The summed E-state index contributed by atoms with van der Waals surface area (Å²) in [6.07, 6.45) is 2.66. The molecule has 6 nitrogen and oxygen atoms in total. The first kappa shape index (κ1) is 16.0. The maximum absolute atomic E-state index is 12.3. The zero-order valence-corrected chi connectivity index (χ0v) is 14.2. The van der Waals surface area contributed by atoms with E-state index in [0.29, 0.717) is 0 Å². The van der Waals surface area contributed by atoms with Crippen LogP contribution in [0.5, 0.6) is 0 Å². The predicted molar refractivity (Wildman–Crippen MR) is 85.8 cm³/mol. The fourth-order valence-corrected chi connectivity index (χ4v) is 3.66. The Hall–Kier alpha value is -1.41. The lowest BCUT2D eigenvalue weighted by molar-refractivity contribution is -0.115. The van der Waals surface area contributed by atoms with Crippen LogP contribution in [0.25, 0.3) is 0 Å². The molecule has 21 heavy (non-hydrogen) atoms. The second-order valence-electron chi connectivity index (χ2n) is 4.75. The third-order valence-corrected chi connectivity index (χ3v) is 5.11. The molecular weight excluding hydrogens is 306 g/mol. The Balaban J connectivity index is 1.99. The average Bonchev–Trinajstić information content (AvgIpc) is 3.07. The summed E-state index contributed by atoms with van der Waals surface area (Å²) in [6, 6.07) is 2.07. The summed E-state index contributed by atoms with van der Waals surface area (Å²) in [5, 5.41) is 15.8. The molecule has 1 N–H and O–H groups in total. The van der Waals surface area contributed by atoms with E-state index in [4.69, 9.17) is 0 Å². The molecule has 0 aliphatic heterocycles. The number of nitrogens with one attached hydrogen (secondary N) is 1. The molecule has 0 fully saturated rings. The van der Waals surface area contributed by atoms with Gasteiger partial charge in [0, 0.05) is 6.07 Å². The van der Waals surface area contributed by atoms with Crippen LogP contribution in [0.4, 0.5) is 5.82 Å². The maximum atomic E-state index is 12.3. The number of hydrogen-bond acceptors (Lipinski definition) is 6. The largest absolute Gasteiger partial charge is 0.310 e. The van der Waals surface area contributed by atoms with Crippen molar-refractivity contribution in [2.75, 3.05) is 5.32 Å². The molecule has 2 aromatic rings. The average molecular weight is 325 g/mol. The lowest BCUT2D eigenvalue weighted by Gasteiger charge is -2.15. The number of aromatic nitrogens is 4. The number of nitrogens with zero attached hydrogens (tertiary/aromatic N) is 4. The van der Waals surface area contributed by atoms with Crippen molar-refractivity contribution in [2.45, 2.75) is 49.7 Å². The van der Waals surface area contributed by atoms with Crippen LogP contribution in [-0.4, -0.2) is 31.1 Å². The number of amides is 1. The first-order valence-corrected chi connectivity index (χ1v) is 8.52. The Morgan fingerprint density at radius 3 is 2.86 bits per heavy atom. The van der Waals surface area contributed by atoms with Crippen molar-refractivity contribution >= 4 is 34.8 Å². The molecule has 114 valence electrons. The number of carbonyl (C=O) groups excluding carboxylic acids is 1. The third kappa shape index (κ3) is 4.04. The van der Waals surface area contributed by atoms with Crippen LogP contribution in [0.1, 0.15) is 38.2 Å². The van der Waals surface area contributed by atoms with Crippen molar-refractivity contribution in [1.29, 1.82) is 0 Å². The van der Waals surface area contributed by atoms with E-state index in [1.807, 2.05) is 24.6 Å². The molecule has 0 saturated heterocycles. The first-order valence-electron chi connectivity index (χ1n) is 6.82. The second-order valence-corrected chi connectivity index (χ2v) is 7.52. The molecule has 0 aliphatic rings. The van der Waals surface area contributed by atoms with E-state index in [9.17, 15) is 4.79 Å².